The predicted octanol–water partition coefficient (Wildman–Crippen LogP) is 3.81. The van der Waals surface area contributed by atoms with Gasteiger partial charge in [0.2, 0.25) is 5.91 Å². The molecule has 1 amide bonds. The van der Waals surface area contributed by atoms with E-state index in [1.54, 1.807) is 23.5 Å². The molecule has 1 unspecified atom stereocenters. The number of thiophene rings is 1. The minimum atomic E-state index is -0.261. The van der Waals surface area contributed by atoms with Crippen LogP contribution in [0, 0.1) is 5.82 Å². The first-order chi connectivity index (χ1) is 12.2. The van der Waals surface area contributed by atoms with Crippen LogP contribution >= 0.6 is 11.3 Å². The van der Waals surface area contributed by atoms with Crippen molar-refractivity contribution in [3.05, 3.63) is 69.9 Å². The topological polar surface area (TPSA) is 46.9 Å². The van der Waals surface area contributed by atoms with Crippen molar-refractivity contribution in [1.29, 1.82) is 0 Å². The summed E-state index contributed by atoms with van der Waals surface area (Å²) in [6.07, 6.45) is 5.04. The fourth-order valence-electron chi connectivity index (χ4n) is 3.34. The van der Waals surface area contributed by atoms with Gasteiger partial charge in [-0.1, -0.05) is 0 Å². The molecule has 6 heteroatoms. The van der Waals surface area contributed by atoms with Gasteiger partial charge in [-0.05, 0) is 65.9 Å². The van der Waals surface area contributed by atoms with E-state index >= 15 is 0 Å². The molecule has 3 aromatic rings. The zero-order valence-corrected chi connectivity index (χ0v) is 14.4. The molecule has 0 saturated heterocycles. The van der Waals surface area contributed by atoms with Gasteiger partial charge in [-0.2, -0.15) is 16.4 Å². The second kappa shape index (κ2) is 6.80. The van der Waals surface area contributed by atoms with Gasteiger partial charge in [-0.3, -0.25) is 4.79 Å². The highest BCUT2D eigenvalue weighted by molar-refractivity contribution is 7.08. The molecular formula is C19H18FN3OS. The number of benzene rings is 1. The van der Waals surface area contributed by atoms with E-state index in [1.807, 2.05) is 27.7 Å². The average molecular weight is 355 g/mol. The van der Waals surface area contributed by atoms with E-state index in [0.29, 0.717) is 6.42 Å². The number of hydrogen-bond acceptors (Lipinski definition) is 3. The van der Waals surface area contributed by atoms with Gasteiger partial charge < -0.3 is 5.32 Å². The number of nitrogens with one attached hydrogen (secondary N) is 1. The molecule has 1 aliphatic carbocycles. The third-order valence-corrected chi connectivity index (χ3v) is 5.27. The van der Waals surface area contributed by atoms with Crippen molar-refractivity contribution in [3.8, 4) is 5.69 Å². The van der Waals surface area contributed by atoms with E-state index in [0.717, 1.165) is 41.8 Å². The van der Waals surface area contributed by atoms with Crippen LogP contribution in [0.4, 0.5) is 4.39 Å². The largest absolute Gasteiger partial charge is 0.349 e. The van der Waals surface area contributed by atoms with Crippen LogP contribution in [0.5, 0.6) is 0 Å². The van der Waals surface area contributed by atoms with E-state index in [4.69, 9.17) is 0 Å². The van der Waals surface area contributed by atoms with Crippen LogP contribution in [-0.2, 0) is 17.6 Å². The number of nitrogens with zero attached hydrogens (tertiary/aromatic N) is 2. The summed E-state index contributed by atoms with van der Waals surface area (Å²) in [7, 11) is 0. The molecule has 0 aliphatic heterocycles. The fraction of sp³-hybridized carbons (Fsp3) is 0.263. The van der Waals surface area contributed by atoms with Gasteiger partial charge in [0.05, 0.1) is 24.3 Å². The molecule has 25 heavy (non-hydrogen) atoms. The number of carbonyl (C=O) groups is 1. The van der Waals surface area contributed by atoms with Crippen LogP contribution in [0.3, 0.4) is 0 Å². The Morgan fingerprint density at radius 2 is 2.16 bits per heavy atom. The molecule has 4 rings (SSSR count). The molecule has 0 bridgehead atoms. The maximum Gasteiger partial charge on any atom is 0.224 e. The van der Waals surface area contributed by atoms with Crippen molar-refractivity contribution >= 4 is 17.2 Å². The Hall–Kier alpha value is -2.47. The van der Waals surface area contributed by atoms with Crippen molar-refractivity contribution in [2.24, 2.45) is 0 Å². The van der Waals surface area contributed by atoms with Gasteiger partial charge in [0.1, 0.15) is 5.82 Å². The smallest absolute Gasteiger partial charge is 0.224 e. The van der Waals surface area contributed by atoms with E-state index in [-0.39, 0.29) is 17.8 Å². The standard InChI is InChI=1S/C19H18FN3OS/c20-14-4-6-15(7-5-14)23-18-3-1-2-17(16(18)11-21-23)22-19(24)10-13-8-9-25-12-13/h4-9,11-12,17H,1-3,10H2,(H,22,24). The van der Waals surface area contributed by atoms with Gasteiger partial charge in [-0.25, -0.2) is 9.07 Å². The third kappa shape index (κ3) is 3.35. The van der Waals surface area contributed by atoms with Gasteiger partial charge >= 0.3 is 0 Å². The van der Waals surface area contributed by atoms with Crippen molar-refractivity contribution < 1.29 is 9.18 Å². The van der Waals surface area contributed by atoms with Gasteiger partial charge in [0, 0.05) is 11.3 Å². The Labute approximate surface area is 149 Å². The number of halogens is 1. The SMILES string of the molecule is O=C(Cc1ccsc1)NC1CCCc2c1cnn2-c1ccc(F)cc1. The van der Waals surface area contributed by atoms with E-state index in [2.05, 4.69) is 10.4 Å². The van der Waals surface area contributed by atoms with E-state index in [9.17, 15) is 9.18 Å². The zero-order chi connectivity index (χ0) is 17.2. The maximum absolute atomic E-state index is 13.2. The Bertz CT molecular complexity index is 871. The number of amides is 1. The van der Waals surface area contributed by atoms with Gasteiger partial charge in [0.15, 0.2) is 0 Å². The zero-order valence-electron chi connectivity index (χ0n) is 13.6. The molecule has 1 aromatic carbocycles. The molecule has 1 atom stereocenters. The summed E-state index contributed by atoms with van der Waals surface area (Å²) in [4.78, 5) is 12.3. The number of rotatable bonds is 4. The number of aromatic nitrogens is 2. The lowest BCUT2D eigenvalue weighted by Crippen LogP contribution is -2.32. The number of hydrogen-bond donors (Lipinski definition) is 1. The highest BCUT2D eigenvalue weighted by atomic mass is 32.1. The Balaban J connectivity index is 1.54. The fourth-order valence-corrected chi connectivity index (χ4v) is 4.00. The highest BCUT2D eigenvalue weighted by Gasteiger charge is 2.26. The normalized spacial score (nSPS) is 16.4. The Morgan fingerprint density at radius 1 is 1.32 bits per heavy atom. The van der Waals surface area contributed by atoms with Crippen LogP contribution in [0.25, 0.3) is 5.69 Å². The van der Waals surface area contributed by atoms with Crippen molar-refractivity contribution in [3.63, 3.8) is 0 Å². The Morgan fingerprint density at radius 3 is 2.92 bits per heavy atom. The monoisotopic (exact) mass is 355 g/mol. The second-order valence-electron chi connectivity index (χ2n) is 6.26. The molecule has 2 heterocycles. The molecule has 128 valence electrons. The molecule has 1 aliphatic rings. The van der Waals surface area contributed by atoms with Gasteiger partial charge in [-0.15, -0.1) is 0 Å². The highest BCUT2D eigenvalue weighted by Crippen LogP contribution is 2.31. The van der Waals surface area contributed by atoms with Gasteiger partial charge in [0.25, 0.3) is 0 Å². The molecule has 1 N–H and O–H groups in total. The first kappa shape index (κ1) is 16.0. The lowest BCUT2D eigenvalue weighted by atomic mass is 9.92. The van der Waals surface area contributed by atoms with Crippen LogP contribution < -0.4 is 5.32 Å². The summed E-state index contributed by atoms with van der Waals surface area (Å²) in [5.74, 6) is -0.228. The molecular weight excluding hydrogens is 337 g/mol. The van der Waals surface area contributed by atoms with Crippen molar-refractivity contribution in [2.45, 2.75) is 31.7 Å². The number of carbonyl (C=O) groups excluding carboxylic acids is 1. The average Bonchev–Trinajstić information content (AvgIpc) is 3.26. The van der Waals surface area contributed by atoms with Crippen molar-refractivity contribution in [1.82, 2.24) is 15.1 Å². The summed E-state index contributed by atoms with van der Waals surface area (Å²) in [6.45, 7) is 0. The molecule has 0 spiro atoms. The second-order valence-corrected chi connectivity index (χ2v) is 7.04. The van der Waals surface area contributed by atoms with Crippen LogP contribution in [0.15, 0.2) is 47.3 Å². The Kier molecular flexibility index (Phi) is 4.36. The maximum atomic E-state index is 13.2. The van der Waals surface area contributed by atoms with Crippen LogP contribution in [-0.4, -0.2) is 15.7 Å². The predicted molar refractivity (Wildman–Crippen MR) is 95.4 cm³/mol. The molecule has 4 nitrogen and oxygen atoms in total. The summed E-state index contributed by atoms with van der Waals surface area (Å²) in [6, 6.07) is 8.29. The number of fused-ring (bicyclic) bond motifs is 1. The molecule has 0 saturated carbocycles. The van der Waals surface area contributed by atoms with Crippen molar-refractivity contribution in [2.75, 3.05) is 0 Å². The minimum Gasteiger partial charge on any atom is -0.349 e. The summed E-state index contributed by atoms with van der Waals surface area (Å²) in [5.41, 5.74) is 4.04. The molecule has 2 aromatic heterocycles. The summed E-state index contributed by atoms with van der Waals surface area (Å²) in [5, 5.41) is 11.6. The quantitative estimate of drug-likeness (QED) is 0.774. The van der Waals surface area contributed by atoms with E-state index in [1.165, 1.54) is 12.1 Å². The minimum absolute atomic E-state index is 0.0101. The third-order valence-electron chi connectivity index (χ3n) is 4.53. The first-order valence-electron chi connectivity index (χ1n) is 8.34. The van der Waals surface area contributed by atoms with Crippen LogP contribution in [0.1, 0.15) is 35.7 Å². The lowest BCUT2D eigenvalue weighted by molar-refractivity contribution is -0.121. The first-order valence-corrected chi connectivity index (χ1v) is 9.28. The summed E-state index contributed by atoms with van der Waals surface area (Å²) < 4.78 is 15.0. The van der Waals surface area contributed by atoms with Crippen LogP contribution in [0.2, 0.25) is 0 Å². The summed E-state index contributed by atoms with van der Waals surface area (Å²) >= 11 is 1.60. The van der Waals surface area contributed by atoms with E-state index < -0.39 is 0 Å². The lowest BCUT2D eigenvalue weighted by Gasteiger charge is -2.24. The molecule has 0 fully saturated rings. The molecule has 0 radical (unpaired) electrons.